The number of hydrogen-bond acceptors (Lipinski definition) is 7. The van der Waals surface area contributed by atoms with E-state index in [1.807, 2.05) is 24.3 Å². The average molecular weight is 417 g/mol. The van der Waals surface area contributed by atoms with Crippen molar-refractivity contribution in [3.05, 3.63) is 59.7 Å². The monoisotopic (exact) mass is 417 g/mol. The molecule has 0 spiro atoms. The molecule has 4 atom stereocenters. The van der Waals surface area contributed by atoms with Crippen LogP contribution in [0.25, 0.3) is 0 Å². The van der Waals surface area contributed by atoms with Crippen molar-refractivity contribution in [1.82, 2.24) is 5.01 Å². The van der Waals surface area contributed by atoms with Crippen molar-refractivity contribution in [2.24, 2.45) is 16.9 Å². The van der Waals surface area contributed by atoms with Crippen LogP contribution in [0.15, 0.2) is 53.6 Å². The molecule has 2 aromatic rings. The molecule has 8 nitrogen and oxygen atoms in total. The number of ether oxygens (including phenoxy) is 1. The van der Waals surface area contributed by atoms with Crippen LogP contribution in [0.1, 0.15) is 31.0 Å². The number of esters is 1. The molecule has 0 aromatic heterocycles. The molecule has 2 amide bonds. The molecule has 0 saturated carbocycles. The maximum Gasteiger partial charge on any atom is 0.308 e. The van der Waals surface area contributed by atoms with Gasteiger partial charge < -0.3 is 4.74 Å². The van der Waals surface area contributed by atoms with Gasteiger partial charge in [0, 0.05) is 6.92 Å². The van der Waals surface area contributed by atoms with Crippen molar-refractivity contribution >= 4 is 35.5 Å². The number of anilines is 1. The normalized spacial score (nSPS) is 25.9. The van der Waals surface area contributed by atoms with Crippen LogP contribution in [0.2, 0.25) is 0 Å². The van der Waals surface area contributed by atoms with Crippen molar-refractivity contribution in [3.8, 4) is 5.75 Å². The third-order valence-corrected chi connectivity index (χ3v) is 6.07. The number of Topliss-reactive ketones (excluding diaryl/α,β-unsaturated/α-hetero) is 1. The van der Waals surface area contributed by atoms with E-state index in [4.69, 9.17) is 4.74 Å². The van der Waals surface area contributed by atoms with Gasteiger partial charge in [0.2, 0.25) is 11.8 Å². The maximum absolute atomic E-state index is 13.5. The fourth-order valence-electron chi connectivity index (χ4n) is 4.91. The highest BCUT2D eigenvalue weighted by molar-refractivity contribution is 6.24. The summed E-state index contributed by atoms with van der Waals surface area (Å²) in [4.78, 5) is 51.8. The van der Waals surface area contributed by atoms with E-state index >= 15 is 0 Å². The van der Waals surface area contributed by atoms with Gasteiger partial charge in [0.05, 0.1) is 29.8 Å². The first-order valence-electron chi connectivity index (χ1n) is 9.96. The van der Waals surface area contributed by atoms with Crippen LogP contribution in [0.5, 0.6) is 5.75 Å². The van der Waals surface area contributed by atoms with Crippen molar-refractivity contribution < 1.29 is 23.9 Å². The highest BCUT2D eigenvalue weighted by Gasteiger charge is 2.64. The summed E-state index contributed by atoms with van der Waals surface area (Å²) in [5.74, 6) is -2.66. The lowest BCUT2D eigenvalue weighted by atomic mass is 9.84. The Morgan fingerprint density at radius 3 is 2.29 bits per heavy atom. The number of hydrogen-bond donors (Lipinski definition) is 0. The Morgan fingerprint density at radius 1 is 0.935 bits per heavy atom. The predicted octanol–water partition coefficient (Wildman–Crippen LogP) is 2.08. The minimum Gasteiger partial charge on any atom is -0.427 e. The lowest BCUT2D eigenvalue weighted by molar-refractivity contribution is -0.132. The molecular weight excluding hydrogens is 398 g/mol. The molecule has 0 bridgehead atoms. The molecule has 2 fully saturated rings. The van der Waals surface area contributed by atoms with Gasteiger partial charge in [-0.3, -0.25) is 24.2 Å². The van der Waals surface area contributed by atoms with Crippen molar-refractivity contribution in [3.63, 3.8) is 0 Å². The Morgan fingerprint density at radius 2 is 1.61 bits per heavy atom. The van der Waals surface area contributed by atoms with E-state index in [0.717, 1.165) is 16.0 Å². The maximum atomic E-state index is 13.5. The van der Waals surface area contributed by atoms with Crippen LogP contribution in [-0.4, -0.2) is 40.8 Å². The quantitative estimate of drug-likeness (QED) is 0.431. The fraction of sp³-hybridized carbons (Fsp3) is 0.261. The third-order valence-electron chi connectivity index (χ3n) is 6.07. The molecule has 0 aliphatic carbocycles. The van der Waals surface area contributed by atoms with Crippen LogP contribution in [-0.2, 0) is 19.2 Å². The molecule has 8 heteroatoms. The lowest BCUT2D eigenvalue weighted by Crippen LogP contribution is -2.43. The molecule has 5 rings (SSSR count). The number of fused-ring (bicyclic) bond motifs is 5. The third kappa shape index (κ3) is 2.78. The van der Waals surface area contributed by atoms with Gasteiger partial charge in [-0.25, -0.2) is 4.90 Å². The van der Waals surface area contributed by atoms with Crippen LogP contribution in [0, 0.1) is 11.8 Å². The van der Waals surface area contributed by atoms with E-state index in [9.17, 15) is 19.2 Å². The first-order chi connectivity index (χ1) is 14.9. The van der Waals surface area contributed by atoms with Gasteiger partial charge in [-0.15, -0.1) is 0 Å². The van der Waals surface area contributed by atoms with E-state index < -0.39 is 35.8 Å². The second kappa shape index (κ2) is 6.87. The van der Waals surface area contributed by atoms with E-state index in [-0.39, 0.29) is 11.7 Å². The smallest absolute Gasteiger partial charge is 0.308 e. The van der Waals surface area contributed by atoms with Gasteiger partial charge in [-0.2, -0.15) is 5.10 Å². The Bertz CT molecular complexity index is 1160. The number of rotatable bonds is 3. The zero-order chi connectivity index (χ0) is 21.9. The van der Waals surface area contributed by atoms with E-state index in [1.54, 1.807) is 23.4 Å². The van der Waals surface area contributed by atoms with Crippen LogP contribution in [0.4, 0.5) is 5.69 Å². The molecular formula is C23H19N3O5. The first kappa shape index (κ1) is 19.2. The largest absolute Gasteiger partial charge is 0.427 e. The van der Waals surface area contributed by atoms with Gasteiger partial charge in [-0.05, 0) is 42.3 Å². The van der Waals surface area contributed by atoms with Gasteiger partial charge >= 0.3 is 5.97 Å². The number of hydrazone groups is 1. The van der Waals surface area contributed by atoms with E-state index in [1.165, 1.54) is 26.0 Å². The summed E-state index contributed by atoms with van der Waals surface area (Å²) in [5, 5.41) is 6.06. The predicted molar refractivity (Wildman–Crippen MR) is 110 cm³/mol. The Kier molecular flexibility index (Phi) is 4.25. The summed E-state index contributed by atoms with van der Waals surface area (Å²) in [6.07, 6.45) is 1.67. The molecule has 156 valence electrons. The summed E-state index contributed by atoms with van der Waals surface area (Å²) in [7, 11) is 0. The summed E-state index contributed by atoms with van der Waals surface area (Å²) >= 11 is 0. The standard InChI is InChI=1S/C23H19N3O5/c1-12(27)20-18-19(21-17-6-4-3-5-14(17)11-24-26(20)21)23(30)25(22(18)29)15-7-9-16(10-8-15)31-13(2)28/h3-11,18-21H,1-2H3/t18-,19+,20+,21+/m1/s1. The minimum absolute atomic E-state index is 0.206. The van der Waals surface area contributed by atoms with Gasteiger partial charge in [-0.1, -0.05) is 24.3 Å². The molecule has 3 aliphatic heterocycles. The lowest BCUT2D eigenvalue weighted by Gasteiger charge is -2.33. The van der Waals surface area contributed by atoms with Crippen molar-refractivity contribution in [1.29, 1.82) is 0 Å². The Hall–Kier alpha value is -3.81. The molecule has 3 heterocycles. The van der Waals surface area contributed by atoms with Gasteiger partial charge in [0.25, 0.3) is 0 Å². The number of benzene rings is 2. The SMILES string of the molecule is CC(=O)Oc1ccc(N2C(=O)[C@@H]3[C@H](C2=O)[C@@H]2c4ccccc4C=NN2[C@H]3C(C)=O)cc1. The molecule has 3 aliphatic rings. The van der Waals surface area contributed by atoms with Crippen LogP contribution >= 0.6 is 0 Å². The number of carbonyl (C=O) groups is 4. The highest BCUT2D eigenvalue weighted by atomic mass is 16.5. The minimum atomic E-state index is -0.813. The molecule has 2 aromatic carbocycles. The number of nitrogens with zero attached hydrogens (tertiary/aromatic N) is 3. The Balaban J connectivity index is 1.56. The van der Waals surface area contributed by atoms with Crippen molar-refractivity contribution in [2.75, 3.05) is 4.90 Å². The summed E-state index contributed by atoms with van der Waals surface area (Å²) in [5.41, 5.74) is 2.13. The molecule has 2 saturated heterocycles. The molecule has 0 unspecified atom stereocenters. The summed E-state index contributed by atoms with van der Waals surface area (Å²) < 4.78 is 5.02. The van der Waals surface area contributed by atoms with Crippen LogP contribution in [0.3, 0.4) is 0 Å². The van der Waals surface area contributed by atoms with Gasteiger partial charge in [0.15, 0.2) is 5.78 Å². The molecule has 0 N–H and O–H groups in total. The second-order valence-corrected chi connectivity index (χ2v) is 7.90. The number of ketones is 1. The number of carbonyl (C=O) groups excluding carboxylic acids is 4. The fourth-order valence-corrected chi connectivity index (χ4v) is 4.91. The Labute approximate surface area is 178 Å². The number of amides is 2. The van der Waals surface area contributed by atoms with Gasteiger partial charge in [0.1, 0.15) is 11.8 Å². The zero-order valence-corrected chi connectivity index (χ0v) is 16.9. The summed E-state index contributed by atoms with van der Waals surface area (Å²) in [6.45, 7) is 2.72. The average Bonchev–Trinajstić information content (AvgIpc) is 3.21. The topological polar surface area (TPSA) is 96.3 Å². The van der Waals surface area contributed by atoms with E-state index in [2.05, 4.69) is 5.10 Å². The van der Waals surface area contributed by atoms with E-state index in [0.29, 0.717) is 11.4 Å². The van der Waals surface area contributed by atoms with Crippen molar-refractivity contribution in [2.45, 2.75) is 25.9 Å². The molecule has 31 heavy (non-hydrogen) atoms. The highest BCUT2D eigenvalue weighted by Crippen LogP contribution is 2.52. The first-order valence-corrected chi connectivity index (χ1v) is 9.96. The summed E-state index contributed by atoms with van der Waals surface area (Å²) in [6, 6.07) is 12.5. The van der Waals surface area contributed by atoms with Crippen LogP contribution < -0.4 is 9.64 Å². The molecule has 0 radical (unpaired) electrons. The zero-order valence-electron chi connectivity index (χ0n) is 16.9. The second-order valence-electron chi connectivity index (χ2n) is 7.90. The number of imide groups is 1.